The van der Waals surface area contributed by atoms with E-state index in [1.165, 1.54) is 23.6 Å². The number of carbonyl (C=O) groups is 1. The van der Waals surface area contributed by atoms with Crippen LogP contribution in [0.15, 0.2) is 42.5 Å². The van der Waals surface area contributed by atoms with Crippen LogP contribution in [0.2, 0.25) is 0 Å². The quantitative estimate of drug-likeness (QED) is 0.549. The maximum absolute atomic E-state index is 10.9. The average molecular weight is 350 g/mol. The summed E-state index contributed by atoms with van der Waals surface area (Å²) in [5, 5.41) is 0. The Balaban J connectivity index is 1.80. The van der Waals surface area contributed by atoms with Crippen LogP contribution in [0.4, 0.5) is 0 Å². The van der Waals surface area contributed by atoms with Crippen molar-refractivity contribution < 1.29 is 14.3 Å². The van der Waals surface area contributed by atoms with E-state index in [0.717, 1.165) is 29.9 Å². The summed E-state index contributed by atoms with van der Waals surface area (Å²) in [6.07, 6.45) is 3.21. The van der Waals surface area contributed by atoms with E-state index in [-0.39, 0.29) is 11.4 Å². The molecule has 0 atom stereocenters. The Morgan fingerprint density at radius 2 is 1.88 bits per heavy atom. The highest BCUT2D eigenvalue weighted by Gasteiger charge is 2.28. The Hall–Kier alpha value is -2.55. The van der Waals surface area contributed by atoms with E-state index in [9.17, 15) is 4.79 Å². The number of hydrogen-bond donors (Lipinski definition) is 0. The highest BCUT2D eigenvalue weighted by atomic mass is 16.5. The third kappa shape index (κ3) is 4.16. The molecular formula is C23H26O3. The maximum Gasteiger partial charge on any atom is 0.302 e. The lowest BCUT2D eigenvalue weighted by Gasteiger charge is -2.32. The van der Waals surface area contributed by atoms with E-state index in [2.05, 4.69) is 45.0 Å². The Labute approximate surface area is 155 Å². The standard InChI is InChI=1S/C23H26O3/c1-16(13-18-5-7-19(8-6-18)15-26-17(2)24)20-9-10-22-21(14-20)23(3,4)11-12-25-22/h5-10,13-14H,11-12,15H2,1-4H3/b16-13+. The minimum Gasteiger partial charge on any atom is -0.493 e. The molecule has 0 spiro atoms. The minimum atomic E-state index is -0.260. The molecule has 3 heteroatoms. The molecule has 26 heavy (non-hydrogen) atoms. The minimum absolute atomic E-state index is 0.141. The summed E-state index contributed by atoms with van der Waals surface area (Å²) in [5.74, 6) is 0.747. The summed E-state index contributed by atoms with van der Waals surface area (Å²) in [7, 11) is 0. The molecule has 0 aliphatic carbocycles. The van der Waals surface area contributed by atoms with Gasteiger partial charge in [-0.25, -0.2) is 0 Å². The molecule has 1 heterocycles. The summed E-state index contributed by atoms with van der Waals surface area (Å²) < 4.78 is 10.8. The first kappa shape index (κ1) is 18.2. The number of benzene rings is 2. The third-order valence-corrected chi connectivity index (χ3v) is 4.95. The fourth-order valence-corrected chi connectivity index (χ4v) is 3.21. The molecule has 0 fully saturated rings. The van der Waals surface area contributed by atoms with Crippen molar-refractivity contribution in [3.05, 3.63) is 64.7 Å². The average Bonchev–Trinajstić information content (AvgIpc) is 2.60. The number of esters is 1. The van der Waals surface area contributed by atoms with Crippen molar-refractivity contribution in [2.75, 3.05) is 6.61 Å². The summed E-state index contributed by atoms with van der Waals surface area (Å²) in [6, 6.07) is 14.6. The molecule has 1 aliphatic rings. The van der Waals surface area contributed by atoms with E-state index in [0.29, 0.717) is 6.61 Å². The Bertz CT molecular complexity index is 829. The topological polar surface area (TPSA) is 35.5 Å². The largest absolute Gasteiger partial charge is 0.493 e. The molecule has 3 nitrogen and oxygen atoms in total. The molecule has 3 rings (SSSR count). The van der Waals surface area contributed by atoms with Crippen molar-refractivity contribution in [2.24, 2.45) is 0 Å². The first-order valence-corrected chi connectivity index (χ1v) is 9.03. The molecule has 0 unspecified atom stereocenters. The Morgan fingerprint density at radius 1 is 1.15 bits per heavy atom. The van der Waals surface area contributed by atoms with Crippen LogP contribution in [0.5, 0.6) is 5.75 Å². The number of rotatable bonds is 4. The van der Waals surface area contributed by atoms with Crippen LogP contribution in [-0.4, -0.2) is 12.6 Å². The highest BCUT2D eigenvalue weighted by Crippen LogP contribution is 2.39. The van der Waals surface area contributed by atoms with Crippen molar-refractivity contribution in [3.8, 4) is 5.75 Å². The predicted molar refractivity (Wildman–Crippen MR) is 105 cm³/mol. The van der Waals surface area contributed by atoms with Crippen molar-refractivity contribution in [1.82, 2.24) is 0 Å². The van der Waals surface area contributed by atoms with Crippen LogP contribution in [0.25, 0.3) is 11.6 Å². The summed E-state index contributed by atoms with van der Waals surface area (Å²) in [4.78, 5) is 10.9. The zero-order chi connectivity index (χ0) is 18.7. The van der Waals surface area contributed by atoms with Gasteiger partial charge in [0.15, 0.2) is 0 Å². The number of allylic oxidation sites excluding steroid dienone is 1. The fraction of sp³-hybridized carbons (Fsp3) is 0.348. The first-order chi connectivity index (χ1) is 12.3. The van der Waals surface area contributed by atoms with Gasteiger partial charge in [-0.1, -0.05) is 50.3 Å². The summed E-state index contributed by atoms with van der Waals surface area (Å²) >= 11 is 0. The van der Waals surface area contributed by atoms with Crippen molar-refractivity contribution in [1.29, 1.82) is 0 Å². The maximum atomic E-state index is 10.9. The lowest BCUT2D eigenvalue weighted by Crippen LogP contribution is -2.26. The smallest absolute Gasteiger partial charge is 0.302 e. The second-order valence-corrected chi connectivity index (χ2v) is 7.54. The van der Waals surface area contributed by atoms with Crippen LogP contribution >= 0.6 is 0 Å². The zero-order valence-corrected chi connectivity index (χ0v) is 16.0. The van der Waals surface area contributed by atoms with Gasteiger partial charge in [0.2, 0.25) is 0 Å². The van der Waals surface area contributed by atoms with Gasteiger partial charge in [-0.05, 0) is 53.2 Å². The van der Waals surface area contributed by atoms with Crippen LogP contribution in [0.3, 0.4) is 0 Å². The molecule has 1 aliphatic heterocycles. The van der Waals surface area contributed by atoms with Gasteiger partial charge in [-0.15, -0.1) is 0 Å². The van der Waals surface area contributed by atoms with Gasteiger partial charge in [0.05, 0.1) is 6.61 Å². The van der Waals surface area contributed by atoms with E-state index < -0.39 is 0 Å². The molecule has 0 N–H and O–H groups in total. The molecule has 0 bridgehead atoms. The van der Waals surface area contributed by atoms with Crippen molar-refractivity contribution in [2.45, 2.75) is 46.1 Å². The Kier molecular flexibility index (Phi) is 5.17. The second-order valence-electron chi connectivity index (χ2n) is 7.54. The van der Waals surface area contributed by atoms with E-state index >= 15 is 0 Å². The SMILES string of the molecule is CC(=O)OCc1ccc(/C=C(\C)c2ccc3c(c2)C(C)(C)CCO3)cc1. The summed E-state index contributed by atoms with van der Waals surface area (Å²) in [5.41, 5.74) is 5.96. The van der Waals surface area contributed by atoms with Gasteiger partial charge < -0.3 is 9.47 Å². The fourth-order valence-electron chi connectivity index (χ4n) is 3.21. The number of carbonyl (C=O) groups excluding carboxylic acids is 1. The molecule has 0 radical (unpaired) electrons. The monoisotopic (exact) mass is 350 g/mol. The first-order valence-electron chi connectivity index (χ1n) is 9.03. The molecule has 0 amide bonds. The van der Waals surface area contributed by atoms with Crippen LogP contribution < -0.4 is 4.74 Å². The zero-order valence-electron chi connectivity index (χ0n) is 16.0. The van der Waals surface area contributed by atoms with Gasteiger partial charge in [0.1, 0.15) is 12.4 Å². The number of ether oxygens (including phenoxy) is 2. The van der Waals surface area contributed by atoms with Gasteiger partial charge in [0.25, 0.3) is 0 Å². The Morgan fingerprint density at radius 3 is 2.58 bits per heavy atom. The van der Waals surface area contributed by atoms with Crippen LogP contribution in [0.1, 0.15) is 56.4 Å². The van der Waals surface area contributed by atoms with Crippen molar-refractivity contribution >= 4 is 17.6 Å². The van der Waals surface area contributed by atoms with Gasteiger partial charge in [0, 0.05) is 12.5 Å². The molecule has 0 saturated heterocycles. The highest BCUT2D eigenvalue weighted by molar-refractivity contribution is 5.81. The molecule has 2 aromatic carbocycles. The molecule has 136 valence electrons. The molecule has 0 aromatic heterocycles. The lowest BCUT2D eigenvalue weighted by atomic mass is 9.79. The molecule has 2 aromatic rings. The van der Waals surface area contributed by atoms with E-state index in [1.54, 1.807) is 0 Å². The van der Waals surface area contributed by atoms with Gasteiger partial charge in [-0.3, -0.25) is 4.79 Å². The predicted octanol–water partition coefficient (Wildman–Crippen LogP) is 5.37. The van der Waals surface area contributed by atoms with E-state index in [1.807, 2.05) is 24.3 Å². The number of hydrogen-bond acceptors (Lipinski definition) is 3. The third-order valence-electron chi connectivity index (χ3n) is 4.95. The van der Waals surface area contributed by atoms with Gasteiger partial charge in [-0.2, -0.15) is 0 Å². The second kappa shape index (κ2) is 7.36. The number of fused-ring (bicyclic) bond motifs is 1. The normalized spacial score (nSPS) is 15.8. The van der Waals surface area contributed by atoms with Crippen LogP contribution in [-0.2, 0) is 21.6 Å². The van der Waals surface area contributed by atoms with E-state index in [4.69, 9.17) is 9.47 Å². The molecule has 0 saturated carbocycles. The van der Waals surface area contributed by atoms with Gasteiger partial charge >= 0.3 is 5.97 Å². The van der Waals surface area contributed by atoms with Crippen molar-refractivity contribution in [3.63, 3.8) is 0 Å². The van der Waals surface area contributed by atoms with Crippen LogP contribution in [0, 0.1) is 0 Å². The summed E-state index contributed by atoms with van der Waals surface area (Å²) in [6.45, 7) is 9.21. The lowest BCUT2D eigenvalue weighted by molar-refractivity contribution is -0.142. The molecular weight excluding hydrogens is 324 g/mol.